The zero-order valence-electron chi connectivity index (χ0n) is 14.6. The first-order valence-electron chi connectivity index (χ1n) is 7.80. The third-order valence-electron chi connectivity index (χ3n) is 3.99. The van der Waals surface area contributed by atoms with E-state index in [9.17, 15) is 9.59 Å². The molecule has 134 valence electrons. The van der Waals surface area contributed by atoms with Crippen LogP contribution < -0.4 is 14.8 Å². The van der Waals surface area contributed by atoms with Crippen molar-refractivity contribution in [1.82, 2.24) is 4.98 Å². The van der Waals surface area contributed by atoms with Gasteiger partial charge in [-0.15, -0.1) is 0 Å². The van der Waals surface area contributed by atoms with E-state index in [1.165, 1.54) is 7.11 Å². The standard InChI is InChI=1S/C19H18N2O5/c1-24-16-8-13-14(10-20-15(13)9-17(16)25-2)18(22)21-12-6-4-11(5-7-12)19(23)26-3/h4-10,20H,1-3H3,(H,21,22). The molecule has 0 saturated heterocycles. The van der Waals surface area contributed by atoms with Crippen LogP contribution in [-0.4, -0.2) is 38.2 Å². The number of anilines is 1. The Morgan fingerprint density at radius 3 is 2.23 bits per heavy atom. The smallest absolute Gasteiger partial charge is 0.337 e. The first-order chi connectivity index (χ1) is 12.6. The Balaban J connectivity index is 1.87. The van der Waals surface area contributed by atoms with Crippen LogP contribution in [0.5, 0.6) is 11.5 Å². The highest BCUT2D eigenvalue weighted by Crippen LogP contribution is 2.33. The second kappa shape index (κ2) is 7.18. The number of benzene rings is 2. The summed E-state index contributed by atoms with van der Waals surface area (Å²) in [6.07, 6.45) is 1.63. The van der Waals surface area contributed by atoms with E-state index in [0.717, 1.165) is 5.52 Å². The maximum absolute atomic E-state index is 12.6. The number of rotatable bonds is 5. The van der Waals surface area contributed by atoms with Crippen LogP contribution in [0.3, 0.4) is 0 Å². The minimum atomic E-state index is -0.430. The van der Waals surface area contributed by atoms with Crippen molar-refractivity contribution in [1.29, 1.82) is 0 Å². The van der Waals surface area contributed by atoms with Crippen molar-refractivity contribution in [3.63, 3.8) is 0 Å². The quantitative estimate of drug-likeness (QED) is 0.687. The van der Waals surface area contributed by atoms with Gasteiger partial charge in [0.25, 0.3) is 5.91 Å². The van der Waals surface area contributed by atoms with Crippen LogP contribution in [0.15, 0.2) is 42.6 Å². The third kappa shape index (κ3) is 3.19. The number of hydrogen-bond acceptors (Lipinski definition) is 5. The van der Waals surface area contributed by atoms with Crippen molar-refractivity contribution in [3.8, 4) is 11.5 Å². The van der Waals surface area contributed by atoms with Gasteiger partial charge in [0.2, 0.25) is 0 Å². The molecule has 0 fully saturated rings. The van der Waals surface area contributed by atoms with Crippen molar-refractivity contribution in [3.05, 3.63) is 53.7 Å². The molecule has 1 heterocycles. The van der Waals surface area contributed by atoms with E-state index in [-0.39, 0.29) is 5.91 Å². The number of esters is 1. The largest absolute Gasteiger partial charge is 0.493 e. The van der Waals surface area contributed by atoms with Gasteiger partial charge in [0.1, 0.15) is 0 Å². The van der Waals surface area contributed by atoms with E-state index >= 15 is 0 Å². The van der Waals surface area contributed by atoms with Gasteiger partial charge in [0.05, 0.1) is 38.0 Å². The van der Waals surface area contributed by atoms with E-state index in [1.54, 1.807) is 56.8 Å². The van der Waals surface area contributed by atoms with E-state index in [2.05, 4.69) is 15.0 Å². The molecule has 0 bridgehead atoms. The molecule has 0 aliphatic rings. The van der Waals surface area contributed by atoms with E-state index in [1.807, 2.05) is 0 Å². The van der Waals surface area contributed by atoms with Crippen molar-refractivity contribution in [2.24, 2.45) is 0 Å². The molecular weight excluding hydrogens is 336 g/mol. The lowest BCUT2D eigenvalue weighted by Crippen LogP contribution is -2.11. The topological polar surface area (TPSA) is 89.7 Å². The summed E-state index contributed by atoms with van der Waals surface area (Å²) in [6.45, 7) is 0. The lowest BCUT2D eigenvalue weighted by atomic mass is 10.1. The van der Waals surface area contributed by atoms with Gasteiger partial charge >= 0.3 is 5.97 Å². The van der Waals surface area contributed by atoms with Crippen molar-refractivity contribution in [2.75, 3.05) is 26.6 Å². The van der Waals surface area contributed by atoms with E-state index in [4.69, 9.17) is 9.47 Å². The predicted molar refractivity (Wildman–Crippen MR) is 97.1 cm³/mol. The van der Waals surface area contributed by atoms with Crippen LogP contribution in [0.1, 0.15) is 20.7 Å². The number of fused-ring (bicyclic) bond motifs is 1. The first kappa shape index (κ1) is 17.3. The zero-order chi connectivity index (χ0) is 18.7. The number of H-pyrrole nitrogens is 1. The molecule has 0 spiro atoms. The maximum Gasteiger partial charge on any atom is 0.337 e. The predicted octanol–water partition coefficient (Wildman–Crippen LogP) is 3.22. The fraction of sp³-hybridized carbons (Fsp3) is 0.158. The van der Waals surface area contributed by atoms with Crippen LogP contribution in [0.25, 0.3) is 10.9 Å². The summed E-state index contributed by atoms with van der Waals surface area (Å²) in [6, 6.07) is 9.98. The zero-order valence-corrected chi connectivity index (χ0v) is 14.6. The van der Waals surface area contributed by atoms with Gasteiger partial charge in [0.15, 0.2) is 11.5 Å². The number of nitrogens with one attached hydrogen (secondary N) is 2. The summed E-state index contributed by atoms with van der Waals surface area (Å²) in [5, 5.41) is 3.52. The van der Waals surface area contributed by atoms with Crippen LogP contribution in [0, 0.1) is 0 Å². The van der Waals surface area contributed by atoms with Crippen molar-refractivity contribution >= 4 is 28.5 Å². The molecule has 0 aliphatic carbocycles. The third-order valence-corrected chi connectivity index (χ3v) is 3.99. The molecular formula is C19H18N2O5. The van der Waals surface area contributed by atoms with Crippen molar-refractivity contribution < 1.29 is 23.8 Å². The summed E-state index contributed by atoms with van der Waals surface area (Å²) < 4.78 is 15.2. The number of ether oxygens (including phenoxy) is 3. The Kier molecular flexibility index (Phi) is 4.79. The number of carbonyl (C=O) groups excluding carboxylic acids is 2. The normalized spacial score (nSPS) is 10.4. The number of carbonyl (C=O) groups is 2. The molecule has 7 nitrogen and oxygen atoms in total. The number of amides is 1. The Bertz CT molecular complexity index is 960. The van der Waals surface area contributed by atoms with Gasteiger partial charge < -0.3 is 24.5 Å². The summed E-state index contributed by atoms with van der Waals surface area (Å²) in [5.74, 6) is 0.401. The molecule has 7 heteroatoms. The highest BCUT2D eigenvalue weighted by Gasteiger charge is 2.16. The van der Waals surface area contributed by atoms with Crippen LogP contribution >= 0.6 is 0 Å². The van der Waals surface area contributed by atoms with Gasteiger partial charge in [-0.25, -0.2) is 4.79 Å². The molecule has 0 radical (unpaired) electrons. The lowest BCUT2D eigenvalue weighted by molar-refractivity contribution is 0.0600. The van der Waals surface area contributed by atoms with Gasteiger partial charge in [-0.1, -0.05) is 0 Å². The molecule has 0 atom stereocenters. The van der Waals surface area contributed by atoms with Crippen LogP contribution in [0.2, 0.25) is 0 Å². The SMILES string of the molecule is COC(=O)c1ccc(NC(=O)c2c[nH]c3cc(OC)c(OC)cc23)cc1. The summed E-state index contributed by atoms with van der Waals surface area (Å²) in [4.78, 5) is 27.1. The monoisotopic (exact) mass is 354 g/mol. The molecule has 0 aliphatic heterocycles. The van der Waals surface area contributed by atoms with Crippen LogP contribution in [-0.2, 0) is 4.74 Å². The average Bonchev–Trinajstić information content (AvgIpc) is 3.09. The molecule has 26 heavy (non-hydrogen) atoms. The highest BCUT2D eigenvalue weighted by molar-refractivity contribution is 6.13. The van der Waals surface area contributed by atoms with E-state index < -0.39 is 5.97 Å². The maximum atomic E-state index is 12.6. The van der Waals surface area contributed by atoms with Gasteiger partial charge in [0, 0.05) is 23.3 Å². The minimum Gasteiger partial charge on any atom is -0.493 e. The Morgan fingerprint density at radius 1 is 0.962 bits per heavy atom. The number of hydrogen-bond donors (Lipinski definition) is 2. The minimum absolute atomic E-state index is 0.283. The van der Waals surface area contributed by atoms with Gasteiger partial charge in [-0.05, 0) is 30.3 Å². The fourth-order valence-electron chi connectivity index (χ4n) is 2.64. The first-order valence-corrected chi connectivity index (χ1v) is 7.80. The second-order valence-electron chi connectivity index (χ2n) is 5.48. The number of methoxy groups -OCH3 is 3. The molecule has 1 amide bonds. The molecule has 3 rings (SSSR count). The molecule has 0 unspecified atom stereocenters. The van der Waals surface area contributed by atoms with Crippen LogP contribution in [0.4, 0.5) is 5.69 Å². The fourth-order valence-corrected chi connectivity index (χ4v) is 2.64. The molecule has 2 N–H and O–H groups in total. The van der Waals surface area contributed by atoms with E-state index in [0.29, 0.717) is 33.7 Å². The number of aromatic nitrogens is 1. The van der Waals surface area contributed by atoms with Crippen molar-refractivity contribution in [2.45, 2.75) is 0 Å². The summed E-state index contributed by atoms with van der Waals surface area (Å²) in [5.41, 5.74) is 2.21. The summed E-state index contributed by atoms with van der Waals surface area (Å²) >= 11 is 0. The Hall–Kier alpha value is -3.48. The molecule has 3 aromatic rings. The second-order valence-corrected chi connectivity index (χ2v) is 5.48. The highest BCUT2D eigenvalue weighted by atomic mass is 16.5. The van der Waals surface area contributed by atoms with Gasteiger partial charge in [-0.2, -0.15) is 0 Å². The Morgan fingerprint density at radius 2 is 1.62 bits per heavy atom. The lowest BCUT2D eigenvalue weighted by Gasteiger charge is -2.08. The average molecular weight is 354 g/mol. The molecule has 0 saturated carbocycles. The molecule has 1 aromatic heterocycles. The van der Waals surface area contributed by atoms with Gasteiger partial charge in [-0.3, -0.25) is 4.79 Å². The number of aromatic amines is 1. The summed E-state index contributed by atoms with van der Waals surface area (Å²) in [7, 11) is 4.41. The Labute approximate surface area is 149 Å². The molecule has 2 aromatic carbocycles.